The van der Waals surface area contributed by atoms with Crippen LogP contribution in [0.1, 0.15) is 43.7 Å². The van der Waals surface area contributed by atoms with Gasteiger partial charge in [-0.3, -0.25) is 4.79 Å². The van der Waals surface area contributed by atoms with Gasteiger partial charge in [0, 0.05) is 18.0 Å². The Kier molecular flexibility index (Phi) is 7.28. The summed E-state index contributed by atoms with van der Waals surface area (Å²) in [4.78, 5) is 14.1. The second-order valence-electron chi connectivity index (χ2n) is 6.83. The lowest BCUT2D eigenvalue weighted by atomic mass is 10.1. The number of benzene rings is 1. The average molecular weight is 387 g/mol. The first-order valence-corrected chi connectivity index (χ1v) is 10.8. The molecule has 1 aliphatic rings. The Hall–Kier alpha value is -1.11. The quantitative estimate of drug-likeness (QED) is 0.746. The number of amides is 1. The standard InChI is InChI=1S/C18H27ClN2O3S/c1-21(2)17(15-9-5-6-10-16(15)19)13-20-18(22)11-12-25(23,24)14-7-3-4-8-14/h5-6,9-10,14,17H,3-4,7-8,11-13H2,1-2H3,(H,20,22)/t17-/m0/s1. The molecule has 2 rings (SSSR count). The third-order valence-electron chi connectivity index (χ3n) is 4.80. The number of halogens is 1. The minimum Gasteiger partial charge on any atom is -0.354 e. The van der Waals surface area contributed by atoms with E-state index in [-0.39, 0.29) is 29.4 Å². The molecule has 0 spiro atoms. The zero-order valence-electron chi connectivity index (χ0n) is 14.9. The molecule has 0 aliphatic heterocycles. The van der Waals surface area contributed by atoms with Crippen LogP contribution in [0.2, 0.25) is 5.02 Å². The molecule has 0 heterocycles. The second-order valence-corrected chi connectivity index (χ2v) is 9.64. The van der Waals surface area contributed by atoms with Crippen LogP contribution in [0.4, 0.5) is 0 Å². The number of nitrogens with zero attached hydrogens (tertiary/aromatic N) is 1. The molecule has 0 saturated heterocycles. The maximum absolute atomic E-state index is 12.2. The van der Waals surface area contributed by atoms with Crippen molar-refractivity contribution in [3.63, 3.8) is 0 Å². The highest BCUT2D eigenvalue weighted by Crippen LogP contribution is 2.26. The van der Waals surface area contributed by atoms with E-state index >= 15 is 0 Å². The highest BCUT2D eigenvalue weighted by molar-refractivity contribution is 7.92. The van der Waals surface area contributed by atoms with Crippen molar-refractivity contribution in [3.05, 3.63) is 34.9 Å². The number of carbonyl (C=O) groups is 1. The molecule has 25 heavy (non-hydrogen) atoms. The molecule has 1 atom stereocenters. The topological polar surface area (TPSA) is 66.5 Å². The summed E-state index contributed by atoms with van der Waals surface area (Å²) in [6.07, 6.45) is 3.43. The summed E-state index contributed by atoms with van der Waals surface area (Å²) in [5.74, 6) is -0.303. The molecule has 1 saturated carbocycles. The van der Waals surface area contributed by atoms with Crippen molar-refractivity contribution in [2.75, 3.05) is 26.4 Å². The number of nitrogens with one attached hydrogen (secondary N) is 1. The summed E-state index contributed by atoms with van der Waals surface area (Å²) in [5, 5.41) is 3.25. The Morgan fingerprint density at radius 1 is 1.28 bits per heavy atom. The summed E-state index contributed by atoms with van der Waals surface area (Å²) in [5.41, 5.74) is 0.938. The summed E-state index contributed by atoms with van der Waals surface area (Å²) < 4.78 is 24.5. The SMILES string of the molecule is CN(C)[C@@H](CNC(=O)CCS(=O)(=O)C1CCCC1)c1ccccc1Cl. The molecule has 7 heteroatoms. The van der Waals surface area contributed by atoms with E-state index in [9.17, 15) is 13.2 Å². The zero-order valence-corrected chi connectivity index (χ0v) is 16.4. The van der Waals surface area contributed by atoms with Crippen LogP contribution in [-0.2, 0) is 14.6 Å². The Morgan fingerprint density at radius 3 is 2.52 bits per heavy atom. The predicted molar refractivity (Wildman–Crippen MR) is 102 cm³/mol. The first-order chi connectivity index (χ1) is 11.8. The summed E-state index contributed by atoms with van der Waals surface area (Å²) in [6.45, 7) is 0.388. The van der Waals surface area contributed by atoms with Gasteiger partial charge < -0.3 is 10.2 Å². The van der Waals surface area contributed by atoms with Crippen LogP contribution in [0.15, 0.2) is 24.3 Å². The molecule has 1 amide bonds. The second kappa shape index (κ2) is 9.01. The van der Waals surface area contributed by atoms with Crippen molar-refractivity contribution in [2.24, 2.45) is 0 Å². The highest BCUT2D eigenvalue weighted by atomic mass is 35.5. The van der Waals surface area contributed by atoms with Crippen LogP contribution >= 0.6 is 11.6 Å². The summed E-state index contributed by atoms with van der Waals surface area (Å²) in [7, 11) is 0.681. The van der Waals surface area contributed by atoms with Crippen LogP contribution in [0, 0.1) is 0 Å². The molecule has 1 aliphatic carbocycles. The third-order valence-corrected chi connectivity index (χ3v) is 7.41. The first kappa shape index (κ1) is 20.2. The highest BCUT2D eigenvalue weighted by Gasteiger charge is 2.29. The lowest BCUT2D eigenvalue weighted by Gasteiger charge is -2.26. The molecule has 0 bridgehead atoms. The van der Waals surface area contributed by atoms with E-state index in [2.05, 4.69) is 5.32 Å². The summed E-state index contributed by atoms with van der Waals surface area (Å²) >= 11 is 6.25. The lowest BCUT2D eigenvalue weighted by molar-refractivity contribution is -0.120. The number of hydrogen-bond acceptors (Lipinski definition) is 4. The third kappa shape index (κ3) is 5.69. The van der Waals surface area contributed by atoms with Gasteiger partial charge in [0.15, 0.2) is 9.84 Å². The van der Waals surface area contributed by atoms with Crippen molar-refractivity contribution in [1.82, 2.24) is 10.2 Å². The number of sulfone groups is 1. The fraction of sp³-hybridized carbons (Fsp3) is 0.611. The molecule has 1 N–H and O–H groups in total. The van der Waals surface area contributed by atoms with Crippen LogP contribution in [-0.4, -0.2) is 50.9 Å². The van der Waals surface area contributed by atoms with E-state index in [4.69, 9.17) is 11.6 Å². The van der Waals surface area contributed by atoms with Gasteiger partial charge in [-0.1, -0.05) is 42.6 Å². The van der Waals surface area contributed by atoms with Crippen LogP contribution in [0.5, 0.6) is 0 Å². The number of carbonyl (C=O) groups excluding carboxylic acids is 1. The molecule has 1 aromatic rings. The summed E-state index contributed by atoms with van der Waals surface area (Å²) in [6, 6.07) is 7.47. The molecule has 0 aromatic heterocycles. The molecule has 0 unspecified atom stereocenters. The fourth-order valence-electron chi connectivity index (χ4n) is 3.26. The Balaban J connectivity index is 1.88. The van der Waals surface area contributed by atoms with Gasteiger partial charge in [-0.05, 0) is 38.6 Å². The molecule has 1 fully saturated rings. The van der Waals surface area contributed by atoms with Gasteiger partial charge >= 0.3 is 0 Å². The van der Waals surface area contributed by atoms with Crippen LogP contribution < -0.4 is 5.32 Å². The molecule has 5 nitrogen and oxygen atoms in total. The molecule has 140 valence electrons. The predicted octanol–water partition coefficient (Wildman–Crippen LogP) is 2.81. The van der Waals surface area contributed by atoms with Crippen molar-refractivity contribution in [1.29, 1.82) is 0 Å². The molecular formula is C18H27ClN2O3S. The Labute approximate surface area is 155 Å². The van der Waals surface area contributed by atoms with Gasteiger partial charge in [-0.2, -0.15) is 0 Å². The number of rotatable bonds is 8. The maximum Gasteiger partial charge on any atom is 0.221 e. The van der Waals surface area contributed by atoms with E-state index in [1.807, 2.05) is 43.3 Å². The van der Waals surface area contributed by atoms with Crippen LogP contribution in [0.3, 0.4) is 0 Å². The fourth-order valence-corrected chi connectivity index (χ4v) is 5.38. The number of likely N-dealkylation sites (N-methyl/N-ethyl adjacent to an activating group) is 1. The van der Waals surface area contributed by atoms with Crippen molar-refractivity contribution in [3.8, 4) is 0 Å². The van der Waals surface area contributed by atoms with Crippen molar-refractivity contribution >= 4 is 27.3 Å². The van der Waals surface area contributed by atoms with Crippen molar-refractivity contribution < 1.29 is 13.2 Å². The largest absolute Gasteiger partial charge is 0.354 e. The first-order valence-electron chi connectivity index (χ1n) is 8.70. The number of hydrogen-bond donors (Lipinski definition) is 1. The van der Waals surface area contributed by atoms with Gasteiger partial charge in [0.05, 0.1) is 17.0 Å². The Morgan fingerprint density at radius 2 is 1.92 bits per heavy atom. The normalized spacial score (nSPS) is 17.0. The van der Waals surface area contributed by atoms with Crippen molar-refractivity contribution in [2.45, 2.75) is 43.4 Å². The Bertz CT molecular complexity index is 685. The lowest BCUT2D eigenvalue weighted by Crippen LogP contribution is -2.35. The van der Waals surface area contributed by atoms with E-state index < -0.39 is 9.84 Å². The van der Waals surface area contributed by atoms with Gasteiger partial charge in [-0.25, -0.2) is 8.42 Å². The monoisotopic (exact) mass is 386 g/mol. The zero-order chi connectivity index (χ0) is 18.4. The van der Waals surface area contributed by atoms with E-state index in [1.165, 1.54) is 0 Å². The van der Waals surface area contributed by atoms with E-state index in [0.29, 0.717) is 11.6 Å². The average Bonchev–Trinajstić information content (AvgIpc) is 3.10. The maximum atomic E-state index is 12.2. The van der Waals surface area contributed by atoms with E-state index in [0.717, 1.165) is 31.2 Å². The van der Waals surface area contributed by atoms with Gasteiger partial charge in [0.25, 0.3) is 0 Å². The smallest absolute Gasteiger partial charge is 0.221 e. The van der Waals surface area contributed by atoms with Gasteiger partial charge in [-0.15, -0.1) is 0 Å². The van der Waals surface area contributed by atoms with Gasteiger partial charge in [0.1, 0.15) is 0 Å². The van der Waals surface area contributed by atoms with E-state index in [1.54, 1.807) is 0 Å². The molecular weight excluding hydrogens is 360 g/mol. The minimum atomic E-state index is -3.16. The molecule has 1 aromatic carbocycles. The van der Waals surface area contributed by atoms with Gasteiger partial charge in [0.2, 0.25) is 5.91 Å². The minimum absolute atomic E-state index is 0.0154. The van der Waals surface area contributed by atoms with Crippen LogP contribution in [0.25, 0.3) is 0 Å². The molecule has 0 radical (unpaired) electrons.